The minimum absolute atomic E-state index is 0.0141. The first-order chi connectivity index (χ1) is 16.1. The molecule has 0 aliphatic heterocycles. The van der Waals surface area contributed by atoms with Crippen LogP contribution in [0.1, 0.15) is 24.0 Å². The molecule has 2 N–H and O–H groups in total. The smallest absolute Gasteiger partial charge is 0.228 e. The van der Waals surface area contributed by atoms with Gasteiger partial charge in [0.05, 0.1) is 5.56 Å². The Morgan fingerprint density at radius 1 is 1.00 bits per heavy atom. The molecule has 1 aromatic carbocycles. The SMILES string of the molecule is CNc1ncc(C#Cc2ccc(-n3ccc(=O)cc3)cc2)c2cc(NC(=O)C3CC3)ncc12. The van der Waals surface area contributed by atoms with Gasteiger partial charge in [0.25, 0.3) is 0 Å². The summed E-state index contributed by atoms with van der Waals surface area (Å²) in [5.41, 5.74) is 2.51. The quantitative estimate of drug-likeness (QED) is 0.479. The van der Waals surface area contributed by atoms with E-state index in [1.807, 2.05) is 34.9 Å². The predicted molar refractivity (Wildman–Crippen MR) is 128 cm³/mol. The Labute approximate surface area is 190 Å². The minimum atomic E-state index is -0.0238. The minimum Gasteiger partial charge on any atom is -0.373 e. The average molecular weight is 435 g/mol. The maximum absolute atomic E-state index is 12.2. The van der Waals surface area contributed by atoms with Crippen LogP contribution in [0.25, 0.3) is 16.5 Å². The maximum Gasteiger partial charge on any atom is 0.228 e. The number of nitrogens with one attached hydrogen (secondary N) is 2. The summed E-state index contributed by atoms with van der Waals surface area (Å²) in [4.78, 5) is 32.3. The van der Waals surface area contributed by atoms with Crippen LogP contribution >= 0.6 is 0 Å². The highest BCUT2D eigenvalue weighted by atomic mass is 16.2. The van der Waals surface area contributed by atoms with E-state index < -0.39 is 0 Å². The predicted octanol–water partition coefficient (Wildman–Crippen LogP) is 3.57. The van der Waals surface area contributed by atoms with E-state index in [4.69, 9.17) is 0 Å². The van der Waals surface area contributed by atoms with Crippen molar-refractivity contribution in [3.8, 4) is 17.5 Å². The number of hydrogen-bond donors (Lipinski definition) is 2. The van der Waals surface area contributed by atoms with Crippen molar-refractivity contribution in [2.24, 2.45) is 5.92 Å². The Balaban J connectivity index is 1.46. The summed E-state index contributed by atoms with van der Waals surface area (Å²) in [6, 6.07) is 12.7. The molecule has 0 bridgehead atoms. The molecular formula is C26H21N5O2. The van der Waals surface area contributed by atoms with Crippen molar-refractivity contribution in [2.75, 3.05) is 17.7 Å². The number of benzene rings is 1. The zero-order chi connectivity index (χ0) is 22.8. The van der Waals surface area contributed by atoms with E-state index in [0.717, 1.165) is 40.4 Å². The van der Waals surface area contributed by atoms with Crippen LogP contribution in [-0.4, -0.2) is 27.5 Å². The number of carbonyl (C=O) groups is 1. The Bertz CT molecular complexity index is 1450. The lowest BCUT2D eigenvalue weighted by Crippen LogP contribution is -2.14. The summed E-state index contributed by atoms with van der Waals surface area (Å²) in [5.74, 6) is 7.73. The van der Waals surface area contributed by atoms with Crippen molar-refractivity contribution >= 4 is 28.3 Å². The van der Waals surface area contributed by atoms with Gasteiger partial charge in [-0.15, -0.1) is 0 Å². The number of anilines is 2. The third-order valence-corrected chi connectivity index (χ3v) is 5.51. The second-order valence-electron chi connectivity index (χ2n) is 7.89. The van der Waals surface area contributed by atoms with E-state index >= 15 is 0 Å². The zero-order valence-electron chi connectivity index (χ0n) is 18.0. The van der Waals surface area contributed by atoms with Gasteiger partial charge >= 0.3 is 0 Å². The highest BCUT2D eigenvalue weighted by Gasteiger charge is 2.29. The Kier molecular flexibility index (Phi) is 5.33. The lowest BCUT2D eigenvalue weighted by Gasteiger charge is -2.09. The van der Waals surface area contributed by atoms with E-state index in [0.29, 0.717) is 11.6 Å². The van der Waals surface area contributed by atoms with Crippen LogP contribution in [0.3, 0.4) is 0 Å². The summed E-state index contributed by atoms with van der Waals surface area (Å²) in [7, 11) is 1.81. The number of pyridine rings is 3. The zero-order valence-corrected chi connectivity index (χ0v) is 18.0. The largest absolute Gasteiger partial charge is 0.373 e. The fourth-order valence-corrected chi connectivity index (χ4v) is 3.52. The van der Waals surface area contributed by atoms with Gasteiger partial charge in [0.2, 0.25) is 5.91 Å². The Morgan fingerprint density at radius 2 is 1.76 bits per heavy atom. The molecule has 1 amide bonds. The molecule has 7 nitrogen and oxygen atoms in total. The summed E-state index contributed by atoms with van der Waals surface area (Å²) in [6.07, 6.45) is 8.77. The van der Waals surface area contributed by atoms with Gasteiger partial charge in [0.1, 0.15) is 11.6 Å². The maximum atomic E-state index is 12.2. The van der Waals surface area contributed by atoms with E-state index in [1.165, 1.54) is 12.1 Å². The van der Waals surface area contributed by atoms with Crippen molar-refractivity contribution in [3.63, 3.8) is 0 Å². The molecule has 1 aliphatic rings. The Morgan fingerprint density at radius 3 is 2.45 bits per heavy atom. The van der Waals surface area contributed by atoms with E-state index in [2.05, 4.69) is 32.4 Å². The molecule has 3 aromatic heterocycles. The van der Waals surface area contributed by atoms with Crippen LogP contribution in [0, 0.1) is 17.8 Å². The monoisotopic (exact) mass is 435 g/mol. The standard InChI is InChI=1S/C26H21N5O2/c1-27-25-23-16-28-24(30-26(33)18-6-7-18)14-22(23)19(15-29-25)5-2-17-3-8-20(9-4-17)31-12-10-21(32)11-13-31/h3-4,8-16,18H,6-7H2,1H3,(H,27,29)(H,28,30,33). The fraction of sp³-hybridized carbons (Fsp3) is 0.154. The summed E-state index contributed by atoms with van der Waals surface area (Å²) in [5, 5.41) is 7.68. The molecule has 0 saturated heterocycles. The van der Waals surface area contributed by atoms with Crippen molar-refractivity contribution in [1.82, 2.24) is 14.5 Å². The fourth-order valence-electron chi connectivity index (χ4n) is 3.52. The number of nitrogens with zero attached hydrogens (tertiary/aromatic N) is 3. The molecule has 1 fully saturated rings. The van der Waals surface area contributed by atoms with Gasteiger partial charge < -0.3 is 15.2 Å². The number of carbonyl (C=O) groups excluding carboxylic acids is 1. The molecule has 0 spiro atoms. The lowest BCUT2D eigenvalue weighted by molar-refractivity contribution is -0.117. The summed E-state index contributed by atoms with van der Waals surface area (Å²) in [6.45, 7) is 0. The normalized spacial score (nSPS) is 12.6. The lowest BCUT2D eigenvalue weighted by atomic mass is 10.1. The molecule has 3 heterocycles. The van der Waals surface area contributed by atoms with Crippen LogP contribution < -0.4 is 16.1 Å². The highest BCUT2D eigenvalue weighted by molar-refractivity contribution is 5.99. The van der Waals surface area contributed by atoms with Gasteiger partial charge in [-0.25, -0.2) is 9.97 Å². The molecule has 7 heteroatoms. The second-order valence-corrected chi connectivity index (χ2v) is 7.89. The molecular weight excluding hydrogens is 414 g/mol. The summed E-state index contributed by atoms with van der Waals surface area (Å²) >= 11 is 0. The van der Waals surface area contributed by atoms with Gasteiger partial charge in [0.15, 0.2) is 5.43 Å². The highest BCUT2D eigenvalue weighted by Crippen LogP contribution is 2.31. The molecule has 1 aliphatic carbocycles. The molecule has 0 radical (unpaired) electrons. The van der Waals surface area contributed by atoms with Gasteiger partial charge in [-0.3, -0.25) is 9.59 Å². The van der Waals surface area contributed by atoms with Crippen LogP contribution in [0.5, 0.6) is 0 Å². The number of fused-ring (bicyclic) bond motifs is 1. The van der Waals surface area contributed by atoms with Crippen LogP contribution in [0.4, 0.5) is 11.6 Å². The van der Waals surface area contributed by atoms with Crippen molar-refractivity contribution in [3.05, 3.63) is 88.6 Å². The summed E-state index contributed by atoms with van der Waals surface area (Å²) < 4.78 is 1.87. The topological polar surface area (TPSA) is 88.9 Å². The van der Waals surface area contributed by atoms with E-state index in [-0.39, 0.29) is 17.3 Å². The number of rotatable bonds is 4. The van der Waals surface area contributed by atoms with Crippen LogP contribution in [0.2, 0.25) is 0 Å². The van der Waals surface area contributed by atoms with Gasteiger partial charge in [-0.2, -0.15) is 0 Å². The molecule has 33 heavy (non-hydrogen) atoms. The third kappa shape index (κ3) is 4.46. The molecule has 0 unspecified atom stereocenters. The Hall–Kier alpha value is -4.44. The molecule has 4 aromatic rings. The first kappa shape index (κ1) is 20.5. The number of aromatic nitrogens is 3. The van der Waals surface area contributed by atoms with Crippen molar-refractivity contribution < 1.29 is 4.79 Å². The second kappa shape index (κ2) is 8.60. The van der Waals surface area contributed by atoms with E-state index in [9.17, 15) is 9.59 Å². The molecule has 5 rings (SSSR count). The van der Waals surface area contributed by atoms with Crippen LogP contribution in [0.15, 0.2) is 72.0 Å². The average Bonchev–Trinajstić information content (AvgIpc) is 3.69. The number of hydrogen-bond acceptors (Lipinski definition) is 5. The van der Waals surface area contributed by atoms with Gasteiger partial charge in [-0.1, -0.05) is 11.8 Å². The molecule has 0 atom stereocenters. The van der Waals surface area contributed by atoms with Gasteiger partial charge in [-0.05, 0) is 43.2 Å². The van der Waals surface area contributed by atoms with Gasteiger partial charge in [0, 0.05) is 71.9 Å². The third-order valence-electron chi connectivity index (χ3n) is 5.51. The first-order valence-corrected chi connectivity index (χ1v) is 10.7. The van der Waals surface area contributed by atoms with Crippen molar-refractivity contribution in [2.45, 2.75) is 12.8 Å². The van der Waals surface area contributed by atoms with Crippen LogP contribution in [-0.2, 0) is 4.79 Å². The molecule has 1 saturated carbocycles. The number of amides is 1. The first-order valence-electron chi connectivity index (χ1n) is 10.7. The van der Waals surface area contributed by atoms with E-state index in [1.54, 1.807) is 31.8 Å². The van der Waals surface area contributed by atoms with Crippen molar-refractivity contribution in [1.29, 1.82) is 0 Å². The molecule has 162 valence electrons.